The molecule has 2 rings (SSSR count). The van der Waals surface area contributed by atoms with Crippen LogP contribution in [0, 0.1) is 10.1 Å². The molecule has 0 spiro atoms. The topological polar surface area (TPSA) is 99.9 Å². The molecule has 8 heteroatoms. The van der Waals surface area contributed by atoms with E-state index in [9.17, 15) is 14.9 Å². The van der Waals surface area contributed by atoms with Crippen LogP contribution < -0.4 is 19.5 Å². The van der Waals surface area contributed by atoms with Crippen LogP contribution in [-0.2, 0) is 4.79 Å². The van der Waals surface area contributed by atoms with Crippen LogP contribution in [0.25, 0.3) is 0 Å². The van der Waals surface area contributed by atoms with Crippen molar-refractivity contribution in [3.8, 4) is 17.2 Å². The van der Waals surface area contributed by atoms with Crippen LogP contribution >= 0.6 is 0 Å². The van der Waals surface area contributed by atoms with Gasteiger partial charge < -0.3 is 19.5 Å². The molecule has 132 valence electrons. The number of methoxy groups -OCH3 is 1. The van der Waals surface area contributed by atoms with Gasteiger partial charge in [0.25, 0.3) is 5.91 Å². The summed E-state index contributed by atoms with van der Waals surface area (Å²) in [7, 11) is 1.41. The van der Waals surface area contributed by atoms with Crippen molar-refractivity contribution in [2.75, 3.05) is 25.6 Å². The minimum absolute atomic E-state index is 0.0148. The number of nitro benzene ring substituents is 1. The molecule has 0 unspecified atom stereocenters. The Labute approximate surface area is 144 Å². The molecule has 1 N–H and O–H groups in total. The molecule has 0 fully saturated rings. The van der Waals surface area contributed by atoms with Crippen LogP contribution in [0.4, 0.5) is 11.4 Å². The fourth-order valence-electron chi connectivity index (χ4n) is 2.07. The highest BCUT2D eigenvalue weighted by Crippen LogP contribution is 2.31. The van der Waals surface area contributed by atoms with E-state index in [2.05, 4.69) is 5.32 Å². The Bertz CT molecular complexity index is 763. The average Bonchev–Trinajstić information content (AvgIpc) is 2.61. The molecule has 1 amide bonds. The number of ether oxygens (including phenoxy) is 3. The Kier molecular flexibility index (Phi) is 6.16. The smallest absolute Gasteiger partial charge is 0.314 e. The van der Waals surface area contributed by atoms with Gasteiger partial charge in [-0.15, -0.1) is 0 Å². The molecule has 2 aromatic rings. The third kappa shape index (κ3) is 4.84. The average molecular weight is 346 g/mol. The van der Waals surface area contributed by atoms with Gasteiger partial charge in [0.05, 0.1) is 30.4 Å². The summed E-state index contributed by atoms with van der Waals surface area (Å²) in [6.45, 7) is 1.92. The van der Waals surface area contributed by atoms with E-state index in [1.807, 2.05) is 6.92 Å². The number of para-hydroxylation sites is 2. The second kappa shape index (κ2) is 8.53. The molecule has 0 heterocycles. The number of nitro groups is 1. The number of rotatable bonds is 8. The summed E-state index contributed by atoms with van der Waals surface area (Å²) in [5, 5.41) is 13.7. The van der Waals surface area contributed by atoms with Crippen molar-refractivity contribution in [3.63, 3.8) is 0 Å². The van der Waals surface area contributed by atoms with Gasteiger partial charge in [-0.1, -0.05) is 12.1 Å². The lowest BCUT2D eigenvalue weighted by Gasteiger charge is -2.12. The van der Waals surface area contributed by atoms with Gasteiger partial charge in [0.1, 0.15) is 11.5 Å². The normalized spacial score (nSPS) is 10.0. The zero-order chi connectivity index (χ0) is 18.2. The van der Waals surface area contributed by atoms with Gasteiger partial charge in [-0.05, 0) is 31.2 Å². The number of nitrogens with zero attached hydrogens (tertiary/aromatic N) is 1. The van der Waals surface area contributed by atoms with E-state index in [1.165, 1.54) is 25.3 Å². The van der Waals surface area contributed by atoms with Gasteiger partial charge in [-0.2, -0.15) is 0 Å². The Morgan fingerprint density at radius 2 is 1.92 bits per heavy atom. The fraction of sp³-hybridized carbons (Fsp3) is 0.235. The summed E-state index contributed by atoms with van der Waals surface area (Å²) in [5.74, 6) is 0.388. The van der Waals surface area contributed by atoms with Crippen LogP contribution in [0.3, 0.4) is 0 Å². The van der Waals surface area contributed by atoms with E-state index >= 15 is 0 Å². The molecule has 0 saturated heterocycles. The number of hydrogen-bond acceptors (Lipinski definition) is 6. The first kappa shape index (κ1) is 18.1. The maximum atomic E-state index is 12.1. The molecular formula is C17H18N2O6. The van der Waals surface area contributed by atoms with Crippen molar-refractivity contribution in [2.45, 2.75) is 6.92 Å². The number of hydrogen-bond donors (Lipinski definition) is 1. The summed E-state index contributed by atoms with van der Waals surface area (Å²) < 4.78 is 15.6. The lowest BCUT2D eigenvalue weighted by Crippen LogP contribution is -2.20. The van der Waals surface area contributed by atoms with E-state index in [4.69, 9.17) is 14.2 Å². The molecule has 0 radical (unpaired) electrons. The summed E-state index contributed by atoms with van der Waals surface area (Å²) >= 11 is 0. The third-order valence-electron chi connectivity index (χ3n) is 3.18. The number of anilines is 1. The highest BCUT2D eigenvalue weighted by molar-refractivity contribution is 5.93. The van der Waals surface area contributed by atoms with E-state index in [0.717, 1.165) is 0 Å². The Morgan fingerprint density at radius 1 is 1.16 bits per heavy atom. The van der Waals surface area contributed by atoms with Gasteiger partial charge in [-0.3, -0.25) is 14.9 Å². The number of nitrogens with one attached hydrogen (secondary N) is 1. The molecule has 0 aliphatic rings. The van der Waals surface area contributed by atoms with E-state index < -0.39 is 10.8 Å². The summed E-state index contributed by atoms with van der Waals surface area (Å²) in [6.07, 6.45) is 0. The third-order valence-corrected chi connectivity index (χ3v) is 3.18. The second-order valence-electron chi connectivity index (χ2n) is 4.86. The maximum absolute atomic E-state index is 12.1. The van der Waals surface area contributed by atoms with Crippen molar-refractivity contribution in [1.29, 1.82) is 0 Å². The predicted octanol–water partition coefficient (Wildman–Crippen LogP) is 3.02. The molecule has 0 aliphatic carbocycles. The van der Waals surface area contributed by atoms with Crippen LogP contribution in [0.5, 0.6) is 17.2 Å². The molecule has 0 saturated carbocycles. The maximum Gasteiger partial charge on any atom is 0.314 e. The molecule has 0 atom stereocenters. The molecule has 25 heavy (non-hydrogen) atoms. The molecule has 2 aromatic carbocycles. The second-order valence-corrected chi connectivity index (χ2v) is 4.86. The van der Waals surface area contributed by atoms with E-state index in [-0.39, 0.29) is 18.0 Å². The number of carbonyl (C=O) groups is 1. The lowest BCUT2D eigenvalue weighted by molar-refractivity contribution is -0.385. The zero-order valence-electron chi connectivity index (χ0n) is 13.9. The monoisotopic (exact) mass is 346 g/mol. The Hall–Kier alpha value is -3.29. The Balaban J connectivity index is 2.04. The molecule has 0 aliphatic heterocycles. The number of benzene rings is 2. The van der Waals surface area contributed by atoms with Gasteiger partial charge in [0.15, 0.2) is 12.4 Å². The fourth-order valence-corrected chi connectivity index (χ4v) is 2.07. The lowest BCUT2D eigenvalue weighted by atomic mass is 10.3. The van der Waals surface area contributed by atoms with Crippen molar-refractivity contribution >= 4 is 17.3 Å². The number of carbonyl (C=O) groups excluding carboxylic acids is 1. The van der Waals surface area contributed by atoms with Crippen molar-refractivity contribution in [2.24, 2.45) is 0 Å². The standard InChI is InChI=1S/C17H18N2O6/c1-3-24-15-7-5-4-6-13(15)18-17(20)11-25-16-9-8-12(23-2)10-14(16)19(21)22/h4-10H,3,11H2,1-2H3,(H,18,20). The SMILES string of the molecule is CCOc1ccccc1NC(=O)COc1ccc(OC)cc1[N+](=O)[O-]. The van der Waals surface area contributed by atoms with Crippen molar-refractivity contribution in [3.05, 3.63) is 52.6 Å². The van der Waals surface area contributed by atoms with Gasteiger partial charge in [0.2, 0.25) is 0 Å². The first-order valence-corrected chi connectivity index (χ1v) is 7.52. The Morgan fingerprint density at radius 3 is 2.60 bits per heavy atom. The molecule has 0 bridgehead atoms. The van der Waals surface area contributed by atoms with Gasteiger partial charge >= 0.3 is 5.69 Å². The summed E-state index contributed by atoms with van der Waals surface area (Å²) in [5.41, 5.74) is 0.226. The number of amides is 1. The summed E-state index contributed by atoms with van der Waals surface area (Å²) in [6, 6.07) is 11.1. The first-order valence-electron chi connectivity index (χ1n) is 7.52. The van der Waals surface area contributed by atoms with Gasteiger partial charge in [0, 0.05) is 0 Å². The van der Waals surface area contributed by atoms with Crippen molar-refractivity contribution < 1.29 is 23.9 Å². The van der Waals surface area contributed by atoms with Crippen LogP contribution in [-0.4, -0.2) is 31.2 Å². The molecule has 8 nitrogen and oxygen atoms in total. The van der Waals surface area contributed by atoms with Gasteiger partial charge in [-0.25, -0.2) is 0 Å². The minimum atomic E-state index is -0.597. The molecular weight excluding hydrogens is 328 g/mol. The molecule has 0 aromatic heterocycles. The van der Waals surface area contributed by atoms with E-state index in [1.54, 1.807) is 24.3 Å². The van der Waals surface area contributed by atoms with Crippen LogP contribution in [0.1, 0.15) is 6.92 Å². The first-order chi connectivity index (χ1) is 12.0. The largest absolute Gasteiger partial charge is 0.496 e. The quantitative estimate of drug-likeness (QED) is 0.582. The highest BCUT2D eigenvalue weighted by atomic mass is 16.6. The summed E-state index contributed by atoms with van der Waals surface area (Å²) in [4.78, 5) is 22.6. The minimum Gasteiger partial charge on any atom is -0.496 e. The van der Waals surface area contributed by atoms with Crippen molar-refractivity contribution in [1.82, 2.24) is 0 Å². The predicted molar refractivity (Wildman–Crippen MR) is 91.4 cm³/mol. The highest BCUT2D eigenvalue weighted by Gasteiger charge is 2.18. The zero-order valence-corrected chi connectivity index (χ0v) is 13.9. The van der Waals surface area contributed by atoms with Crippen LogP contribution in [0.15, 0.2) is 42.5 Å². The van der Waals surface area contributed by atoms with E-state index in [0.29, 0.717) is 23.8 Å². The van der Waals surface area contributed by atoms with Crippen LogP contribution in [0.2, 0.25) is 0 Å².